The molecule has 0 unspecified atom stereocenters. The fourth-order valence-corrected chi connectivity index (χ4v) is 4.72. The third kappa shape index (κ3) is 7.27. The smallest absolute Gasteiger partial charge is 0.0233 e. The first kappa shape index (κ1) is 18.8. The van der Waals surface area contributed by atoms with Crippen LogP contribution in [0.3, 0.4) is 0 Å². The number of rotatable bonds is 8. The number of allylic oxidation sites excluding steroid dienone is 4. The maximum atomic E-state index is 2.57. The molecule has 0 aromatic heterocycles. The molecule has 0 saturated heterocycles. The van der Waals surface area contributed by atoms with Gasteiger partial charge in [0.2, 0.25) is 0 Å². The molecule has 2 saturated carbocycles. The van der Waals surface area contributed by atoms with Crippen molar-refractivity contribution < 1.29 is 0 Å². The fraction of sp³-hybridized carbons (Fsp3) is 0.826. The molecule has 0 radical (unpaired) electrons. The molecule has 2 aliphatic rings. The summed E-state index contributed by atoms with van der Waals surface area (Å²) in [6.07, 6.45) is 28.4. The Kier molecular flexibility index (Phi) is 9.09. The molecule has 2 fully saturated rings. The Morgan fingerprint density at radius 1 is 0.696 bits per heavy atom. The van der Waals surface area contributed by atoms with Gasteiger partial charge in [0.25, 0.3) is 0 Å². The van der Waals surface area contributed by atoms with E-state index in [-0.39, 0.29) is 0 Å². The van der Waals surface area contributed by atoms with E-state index in [0.29, 0.717) is 0 Å². The van der Waals surface area contributed by atoms with Crippen LogP contribution in [-0.2, 0) is 0 Å². The molecule has 0 aliphatic heterocycles. The van der Waals surface area contributed by atoms with Crippen molar-refractivity contribution in [2.75, 3.05) is 0 Å². The van der Waals surface area contributed by atoms with Gasteiger partial charge in [-0.05, 0) is 82.0 Å². The fourth-order valence-electron chi connectivity index (χ4n) is 4.72. The summed E-state index contributed by atoms with van der Waals surface area (Å²) in [4.78, 5) is 0. The standard InChI is InChI=1S/C23H40/c1-3-5-6-9-21-16-18-23(19-17-21)11-8-7-10-22-14-12-20(4-2)13-15-22/h3,5,8,11,20-23H,4,6-7,9-10,12-19H2,1-2H3. The van der Waals surface area contributed by atoms with Crippen molar-refractivity contribution in [2.24, 2.45) is 23.7 Å². The summed E-state index contributed by atoms with van der Waals surface area (Å²) in [5.41, 5.74) is 0. The van der Waals surface area contributed by atoms with Crippen LogP contribution >= 0.6 is 0 Å². The molecule has 0 N–H and O–H groups in total. The first-order valence-corrected chi connectivity index (χ1v) is 10.6. The van der Waals surface area contributed by atoms with E-state index in [2.05, 4.69) is 38.2 Å². The van der Waals surface area contributed by atoms with E-state index in [0.717, 1.165) is 23.7 Å². The van der Waals surface area contributed by atoms with Crippen LogP contribution in [0.4, 0.5) is 0 Å². The van der Waals surface area contributed by atoms with E-state index >= 15 is 0 Å². The second-order valence-corrected chi connectivity index (χ2v) is 8.23. The van der Waals surface area contributed by atoms with Crippen molar-refractivity contribution >= 4 is 0 Å². The van der Waals surface area contributed by atoms with Crippen LogP contribution in [0.15, 0.2) is 24.3 Å². The summed E-state index contributed by atoms with van der Waals surface area (Å²) in [6, 6.07) is 0. The molecule has 132 valence electrons. The molecule has 0 aromatic rings. The highest BCUT2D eigenvalue weighted by atomic mass is 14.3. The average molecular weight is 317 g/mol. The molecule has 0 nitrogen and oxygen atoms in total. The van der Waals surface area contributed by atoms with Crippen molar-refractivity contribution in [3.63, 3.8) is 0 Å². The van der Waals surface area contributed by atoms with E-state index in [1.807, 2.05) is 0 Å². The molecule has 0 amide bonds. The van der Waals surface area contributed by atoms with Gasteiger partial charge in [-0.15, -0.1) is 0 Å². The Hall–Kier alpha value is -0.520. The largest absolute Gasteiger partial charge is 0.0917 e. The molecule has 0 atom stereocenters. The van der Waals surface area contributed by atoms with Crippen LogP contribution in [-0.4, -0.2) is 0 Å². The summed E-state index contributed by atoms with van der Waals surface area (Å²) in [6.45, 7) is 4.50. The lowest BCUT2D eigenvalue weighted by Crippen LogP contribution is -2.14. The lowest BCUT2D eigenvalue weighted by molar-refractivity contribution is 0.259. The summed E-state index contributed by atoms with van der Waals surface area (Å²) in [7, 11) is 0. The SMILES string of the molecule is CC=CCCC1CCC(C=CCCC2CCC(CC)CC2)CC1. The van der Waals surface area contributed by atoms with Crippen LogP contribution in [0.25, 0.3) is 0 Å². The molecule has 0 heteroatoms. The Morgan fingerprint density at radius 3 is 1.78 bits per heavy atom. The minimum absolute atomic E-state index is 0.892. The molecule has 0 spiro atoms. The highest BCUT2D eigenvalue weighted by molar-refractivity contribution is 4.92. The summed E-state index contributed by atoms with van der Waals surface area (Å²) in [5.74, 6) is 3.97. The second kappa shape index (κ2) is 11.1. The first-order chi connectivity index (χ1) is 11.3. The molecule has 2 rings (SSSR count). The van der Waals surface area contributed by atoms with Crippen LogP contribution in [0.2, 0.25) is 0 Å². The predicted octanol–water partition coefficient (Wildman–Crippen LogP) is 7.70. The molecular weight excluding hydrogens is 276 g/mol. The summed E-state index contributed by atoms with van der Waals surface area (Å²) >= 11 is 0. The third-order valence-corrected chi connectivity index (χ3v) is 6.56. The van der Waals surface area contributed by atoms with E-state index < -0.39 is 0 Å². The third-order valence-electron chi connectivity index (χ3n) is 6.56. The van der Waals surface area contributed by atoms with Gasteiger partial charge in [0, 0.05) is 0 Å². The Labute approximate surface area is 145 Å². The van der Waals surface area contributed by atoms with Crippen LogP contribution < -0.4 is 0 Å². The van der Waals surface area contributed by atoms with Crippen molar-refractivity contribution in [1.82, 2.24) is 0 Å². The minimum Gasteiger partial charge on any atom is -0.0917 e. The lowest BCUT2D eigenvalue weighted by atomic mass is 9.78. The lowest BCUT2D eigenvalue weighted by Gasteiger charge is -2.28. The van der Waals surface area contributed by atoms with Gasteiger partial charge >= 0.3 is 0 Å². The predicted molar refractivity (Wildman–Crippen MR) is 104 cm³/mol. The molecule has 0 bridgehead atoms. The maximum absolute atomic E-state index is 2.57. The normalized spacial score (nSPS) is 32.8. The van der Waals surface area contributed by atoms with E-state index in [1.54, 1.807) is 0 Å². The Morgan fingerprint density at radius 2 is 1.22 bits per heavy atom. The van der Waals surface area contributed by atoms with Crippen LogP contribution in [0, 0.1) is 23.7 Å². The number of hydrogen-bond donors (Lipinski definition) is 0. The second-order valence-electron chi connectivity index (χ2n) is 8.23. The molecule has 23 heavy (non-hydrogen) atoms. The molecule has 2 aliphatic carbocycles. The van der Waals surface area contributed by atoms with E-state index in [4.69, 9.17) is 0 Å². The van der Waals surface area contributed by atoms with E-state index in [9.17, 15) is 0 Å². The minimum atomic E-state index is 0.892. The van der Waals surface area contributed by atoms with Gasteiger partial charge in [-0.2, -0.15) is 0 Å². The maximum Gasteiger partial charge on any atom is -0.0233 e. The molecule has 0 heterocycles. The van der Waals surface area contributed by atoms with Gasteiger partial charge in [0.05, 0.1) is 0 Å². The van der Waals surface area contributed by atoms with Crippen LogP contribution in [0.5, 0.6) is 0 Å². The quantitative estimate of drug-likeness (QED) is 0.402. The highest BCUT2D eigenvalue weighted by Gasteiger charge is 2.20. The summed E-state index contributed by atoms with van der Waals surface area (Å²) in [5, 5.41) is 0. The van der Waals surface area contributed by atoms with Gasteiger partial charge in [-0.25, -0.2) is 0 Å². The van der Waals surface area contributed by atoms with Gasteiger partial charge < -0.3 is 0 Å². The summed E-state index contributed by atoms with van der Waals surface area (Å²) < 4.78 is 0. The topological polar surface area (TPSA) is 0 Å². The molecule has 0 aromatic carbocycles. The van der Waals surface area contributed by atoms with Gasteiger partial charge in [-0.1, -0.05) is 63.3 Å². The highest BCUT2D eigenvalue weighted by Crippen LogP contribution is 2.34. The molecular formula is C23H40. The average Bonchev–Trinajstić information content (AvgIpc) is 2.61. The zero-order valence-electron chi connectivity index (χ0n) is 15.8. The zero-order chi connectivity index (χ0) is 16.3. The first-order valence-electron chi connectivity index (χ1n) is 10.6. The Balaban J connectivity index is 1.53. The monoisotopic (exact) mass is 316 g/mol. The zero-order valence-corrected chi connectivity index (χ0v) is 15.8. The van der Waals surface area contributed by atoms with Crippen molar-refractivity contribution in [3.05, 3.63) is 24.3 Å². The van der Waals surface area contributed by atoms with Gasteiger partial charge in [0.1, 0.15) is 0 Å². The van der Waals surface area contributed by atoms with Crippen molar-refractivity contribution in [3.8, 4) is 0 Å². The van der Waals surface area contributed by atoms with Crippen LogP contribution in [0.1, 0.15) is 97.3 Å². The van der Waals surface area contributed by atoms with Crippen molar-refractivity contribution in [2.45, 2.75) is 97.3 Å². The Bertz CT molecular complexity index is 335. The van der Waals surface area contributed by atoms with Gasteiger partial charge in [0.15, 0.2) is 0 Å². The van der Waals surface area contributed by atoms with Gasteiger partial charge in [-0.3, -0.25) is 0 Å². The number of hydrogen-bond acceptors (Lipinski definition) is 0. The van der Waals surface area contributed by atoms with E-state index in [1.165, 1.54) is 83.5 Å². The van der Waals surface area contributed by atoms with Crippen molar-refractivity contribution in [1.29, 1.82) is 0 Å².